The van der Waals surface area contributed by atoms with Gasteiger partial charge >= 0.3 is 5.51 Å². The lowest BCUT2D eigenvalue weighted by molar-refractivity contribution is -0.0328. The Hall–Kier alpha value is -0.840. The number of halogens is 3. The third-order valence-corrected chi connectivity index (χ3v) is 3.72. The molecular weight excluding hydrogens is 259 g/mol. The Morgan fingerprint density at radius 1 is 1.17 bits per heavy atom. The van der Waals surface area contributed by atoms with E-state index in [2.05, 4.69) is 26.1 Å². The second kappa shape index (κ2) is 6.36. The van der Waals surface area contributed by atoms with Crippen molar-refractivity contribution >= 4 is 17.4 Å². The van der Waals surface area contributed by atoms with E-state index in [-0.39, 0.29) is 16.7 Å². The first-order chi connectivity index (χ1) is 8.31. The lowest BCUT2D eigenvalue weighted by Crippen LogP contribution is -2.23. The molecule has 0 saturated carbocycles. The summed E-state index contributed by atoms with van der Waals surface area (Å²) in [5.74, 6) is 0.522. The van der Waals surface area contributed by atoms with Gasteiger partial charge in [0.2, 0.25) is 0 Å². The zero-order valence-electron chi connectivity index (χ0n) is 10.7. The third kappa shape index (κ3) is 5.21. The van der Waals surface area contributed by atoms with Gasteiger partial charge in [0.1, 0.15) is 0 Å². The van der Waals surface area contributed by atoms with Crippen LogP contribution >= 0.6 is 11.8 Å². The Bertz CT molecular complexity index is 361. The maximum atomic E-state index is 12.2. The molecule has 1 nitrogen and oxygen atoms in total. The Morgan fingerprint density at radius 3 is 2.17 bits per heavy atom. The van der Waals surface area contributed by atoms with E-state index in [1.807, 2.05) is 0 Å². The topological polar surface area (TPSA) is 12.0 Å². The van der Waals surface area contributed by atoms with Crippen LogP contribution < -0.4 is 5.32 Å². The highest BCUT2D eigenvalue weighted by atomic mass is 32.2. The molecule has 0 saturated heterocycles. The summed E-state index contributed by atoms with van der Waals surface area (Å²) in [6.45, 7) is 6.34. The fraction of sp³-hybridized carbons (Fsp3) is 0.538. The van der Waals surface area contributed by atoms with Crippen molar-refractivity contribution in [3.05, 3.63) is 24.3 Å². The fourth-order valence-corrected chi connectivity index (χ4v) is 2.05. The van der Waals surface area contributed by atoms with Gasteiger partial charge in [-0.05, 0) is 48.9 Å². The van der Waals surface area contributed by atoms with Crippen LogP contribution in [0.2, 0.25) is 0 Å². The Labute approximate surface area is 110 Å². The first-order valence-electron chi connectivity index (χ1n) is 5.94. The lowest BCUT2D eigenvalue weighted by Gasteiger charge is -2.21. The average molecular weight is 277 g/mol. The van der Waals surface area contributed by atoms with Crippen molar-refractivity contribution in [2.45, 2.75) is 43.6 Å². The molecule has 0 heterocycles. The first kappa shape index (κ1) is 15.2. The van der Waals surface area contributed by atoms with Crippen LogP contribution in [-0.4, -0.2) is 11.6 Å². The molecule has 5 heteroatoms. The van der Waals surface area contributed by atoms with Gasteiger partial charge in [-0.3, -0.25) is 0 Å². The van der Waals surface area contributed by atoms with Crippen molar-refractivity contribution in [2.75, 3.05) is 5.32 Å². The standard InChI is InChI=1S/C13H18F3NS/c1-4-9(2)10(3)17-11-5-7-12(8-6-11)18-13(14,15)16/h5-10,17H,4H2,1-3H3. The number of benzene rings is 1. The molecule has 0 aliphatic carbocycles. The summed E-state index contributed by atoms with van der Waals surface area (Å²) >= 11 is -0.0886. The molecule has 0 radical (unpaired) electrons. The van der Waals surface area contributed by atoms with Gasteiger partial charge in [-0.25, -0.2) is 0 Å². The van der Waals surface area contributed by atoms with Crippen LogP contribution in [0, 0.1) is 5.92 Å². The summed E-state index contributed by atoms with van der Waals surface area (Å²) in [5, 5.41) is 3.29. The van der Waals surface area contributed by atoms with E-state index in [9.17, 15) is 13.2 Å². The summed E-state index contributed by atoms with van der Waals surface area (Å²) < 4.78 is 36.5. The van der Waals surface area contributed by atoms with Crippen LogP contribution in [0.3, 0.4) is 0 Å². The lowest BCUT2D eigenvalue weighted by atomic mass is 10.0. The minimum Gasteiger partial charge on any atom is -0.382 e. The number of alkyl halides is 3. The van der Waals surface area contributed by atoms with E-state index >= 15 is 0 Å². The SMILES string of the molecule is CCC(C)C(C)Nc1ccc(SC(F)(F)F)cc1. The van der Waals surface area contributed by atoms with Gasteiger partial charge in [-0.1, -0.05) is 20.3 Å². The number of thioether (sulfide) groups is 1. The maximum absolute atomic E-state index is 12.2. The van der Waals surface area contributed by atoms with E-state index in [1.165, 1.54) is 12.1 Å². The number of hydrogen-bond donors (Lipinski definition) is 1. The number of rotatable bonds is 5. The molecule has 0 aromatic heterocycles. The van der Waals surface area contributed by atoms with Crippen LogP contribution in [0.25, 0.3) is 0 Å². The number of nitrogens with one attached hydrogen (secondary N) is 1. The Balaban J connectivity index is 2.60. The molecule has 1 aromatic rings. The van der Waals surface area contributed by atoms with Crippen LogP contribution in [0.15, 0.2) is 29.2 Å². The van der Waals surface area contributed by atoms with E-state index in [0.717, 1.165) is 12.1 Å². The number of hydrogen-bond acceptors (Lipinski definition) is 2. The van der Waals surface area contributed by atoms with Gasteiger partial charge in [0.15, 0.2) is 0 Å². The van der Waals surface area contributed by atoms with E-state index in [0.29, 0.717) is 12.0 Å². The minimum absolute atomic E-state index is 0.0886. The van der Waals surface area contributed by atoms with Gasteiger partial charge < -0.3 is 5.32 Å². The number of anilines is 1. The first-order valence-corrected chi connectivity index (χ1v) is 6.76. The zero-order valence-corrected chi connectivity index (χ0v) is 11.5. The Morgan fingerprint density at radius 2 is 1.72 bits per heavy atom. The smallest absolute Gasteiger partial charge is 0.382 e. The summed E-state index contributed by atoms with van der Waals surface area (Å²) in [7, 11) is 0. The van der Waals surface area contributed by atoms with E-state index in [4.69, 9.17) is 0 Å². The normalized spacial score (nSPS) is 15.2. The monoisotopic (exact) mass is 277 g/mol. The molecule has 1 aromatic carbocycles. The van der Waals surface area contributed by atoms with Crippen molar-refractivity contribution in [1.29, 1.82) is 0 Å². The minimum atomic E-state index is -4.22. The zero-order chi connectivity index (χ0) is 13.8. The molecule has 0 fully saturated rings. The summed E-state index contributed by atoms with van der Waals surface area (Å²) in [4.78, 5) is 0.212. The van der Waals surface area contributed by atoms with E-state index in [1.54, 1.807) is 12.1 Å². The molecule has 0 spiro atoms. The largest absolute Gasteiger partial charge is 0.446 e. The van der Waals surface area contributed by atoms with Crippen LogP contribution in [0.4, 0.5) is 18.9 Å². The second-order valence-corrected chi connectivity index (χ2v) is 5.53. The van der Waals surface area contributed by atoms with Crippen molar-refractivity contribution in [3.8, 4) is 0 Å². The predicted octanol–water partition coefficient (Wildman–Crippen LogP) is 5.15. The van der Waals surface area contributed by atoms with Gasteiger partial charge in [-0.15, -0.1) is 0 Å². The van der Waals surface area contributed by atoms with Gasteiger partial charge in [-0.2, -0.15) is 13.2 Å². The molecule has 0 bridgehead atoms. The fourth-order valence-electron chi connectivity index (χ4n) is 1.51. The summed E-state index contributed by atoms with van der Waals surface area (Å²) in [6.07, 6.45) is 1.07. The molecule has 18 heavy (non-hydrogen) atoms. The Kier molecular flexibility index (Phi) is 5.38. The third-order valence-electron chi connectivity index (χ3n) is 2.98. The molecule has 1 rings (SSSR count). The van der Waals surface area contributed by atoms with Gasteiger partial charge in [0.25, 0.3) is 0 Å². The highest BCUT2D eigenvalue weighted by Crippen LogP contribution is 2.37. The molecular formula is C13H18F3NS. The molecule has 2 unspecified atom stereocenters. The molecule has 1 N–H and O–H groups in total. The van der Waals surface area contributed by atoms with Crippen LogP contribution in [0.5, 0.6) is 0 Å². The highest BCUT2D eigenvalue weighted by Gasteiger charge is 2.29. The van der Waals surface area contributed by atoms with Crippen molar-refractivity contribution < 1.29 is 13.2 Å². The highest BCUT2D eigenvalue weighted by molar-refractivity contribution is 8.00. The summed E-state index contributed by atoms with van der Waals surface area (Å²) in [5.41, 5.74) is -3.37. The van der Waals surface area contributed by atoms with Gasteiger partial charge in [0.05, 0.1) is 0 Å². The second-order valence-electron chi connectivity index (χ2n) is 4.39. The molecule has 0 aliphatic heterocycles. The van der Waals surface area contributed by atoms with Crippen LogP contribution in [0.1, 0.15) is 27.2 Å². The van der Waals surface area contributed by atoms with Crippen molar-refractivity contribution in [3.63, 3.8) is 0 Å². The molecule has 2 atom stereocenters. The van der Waals surface area contributed by atoms with Crippen molar-refractivity contribution in [2.24, 2.45) is 5.92 Å². The predicted molar refractivity (Wildman–Crippen MR) is 70.9 cm³/mol. The molecule has 0 amide bonds. The average Bonchev–Trinajstić information content (AvgIpc) is 2.28. The maximum Gasteiger partial charge on any atom is 0.446 e. The van der Waals surface area contributed by atoms with Crippen LogP contribution in [-0.2, 0) is 0 Å². The van der Waals surface area contributed by atoms with Gasteiger partial charge in [0, 0.05) is 16.6 Å². The molecule has 102 valence electrons. The van der Waals surface area contributed by atoms with E-state index < -0.39 is 5.51 Å². The quantitative estimate of drug-likeness (QED) is 0.747. The van der Waals surface area contributed by atoms with Crippen molar-refractivity contribution in [1.82, 2.24) is 0 Å². The summed E-state index contributed by atoms with van der Waals surface area (Å²) in [6, 6.07) is 6.66. The molecule has 0 aliphatic rings.